The van der Waals surface area contributed by atoms with Gasteiger partial charge in [-0.2, -0.15) is 5.10 Å². The molecule has 1 amide bonds. The van der Waals surface area contributed by atoms with Crippen molar-refractivity contribution in [2.75, 3.05) is 13.2 Å². The molecule has 3 atom stereocenters. The molecule has 7 nitrogen and oxygen atoms in total. The summed E-state index contributed by atoms with van der Waals surface area (Å²) in [6.45, 7) is 1.65. The lowest BCUT2D eigenvalue weighted by atomic mass is 10.3. The Kier molecular flexibility index (Phi) is 2.06. The molecule has 3 rings (SSSR count). The number of nitrogens with one attached hydrogen (secondary N) is 3. The molecule has 16 heavy (non-hydrogen) atoms. The summed E-state index contributed by atoms with van der Waals surface area (Å²) in [6, 6.07) is 0. The number of amides is 1. The van der Waals surface area contributed by atoms with Crippen molar-refractivity contribution in [3.05, 3.63) is 16.3 Å². The quantitative estimate of drug-likeness (QED) is 0.588. The van der Waals surface area contributed by atoms with Gasteiger partial charge in [-0.05, 0) is 11.8 Å². The van der Waals surface area contributed by atoms with Gasteiger partial charge in [-0.15, -0.1) is 0 Å². The van der Waals surface area contributed by atoms with Crippen LogP contribution in [0.3, 0.4) is 0 Å². The maximum absolute atomic E-state index is 11.7. The first-order valence-electron chi connectivity index (χ1n) is 5.25. The minimum atomic E-state index is -0.360. The molecular weight excluding hydrogens is 212 g/mol. The number of hydrogen-bond acceptors (Lipinski definition) is 4. The Labute approximate surface area is 90.6 Å². The molecular formula is C9H12N4O3. The zero-order chi connectivity index (χ0) is 11.1. The van der Waals surface area contributed by atoms with Crippen LogP contribution in [0.15, 0.2) is 4.79 Å². The van der Waals surface area contributed by atoms with Crippen LogP contribution >= 0.6 is 0 Å². The molecule has 0 spiro atoms. The van der Waals surface area contributed by atoms with Crippen LogP contribution in [0, 0.1) is 17.8 Å². The highest BCUT2D eigenvalue weighted by atomic mass is 16.5. The van der Waals surface area contributed by atoms with Crippen LogP contribution < -0.4 is 11.0 Å². The number of H-pyrrole nitrogens is 2. The van der Waals surface area contributed by atoms with Gasteiger partial charge in [0.15, 0.2) is 0 Å². The standard InChI is InChI=1S/C9H12N4O3/c14-8(7-4-2-16-3-5(4)7)10-1-6-11-9(15)13-12-6/h4-5,7H,1-3H2,(H,10,14)(H2,11,12,13,15)/t4-,5+,7?. The highest BCUT2D eigenvalue weighted by molar-refractivity contribution is 5.82. The number of aromatic amines is 2. The van der Waals surface area contributed by atoms with Crippen molar-refractivity contribution in [1.82, 2.24) is 20.5 Å². The summed E-state index contributed by atoms with van der Waals surface area (Å²) < 4.78 is 5.21. The molecule has 1 saturated carbocycles. The second-order valence-electron chi connectivity index (χ2n) is 4.23. The van der Waals surface area contributed by atoms with Crippen molar-refractivity contribution in [2.45, 2.75) is 6.54 Å². The summed E-state index contributed by atoms with van der Waals surface area (Å²) >= 11 is 0. The summed E-state index contributed by atoms with van der Waals surface area (Å²) in [5.74, 6) is 1.37. The Hall–Kier alpha value is -1.63. The van der Waals surface area contributed by atoms with Gasteiger partial charge in [-0.3, -0.25) is 9.78 Å². The highest BCUT2D eigenvalue weighted by Crippen LogP contribution is 2.50. The van der Waals surface area contributed by atoms with E-state index in [1.807, 2.05) is 0 Å². The second-order valence-corrected chi connectivity index (χ2v) is 4.23. The van der Waals surface area contributed by atoms with Crippen LogP contribution in [0.4, 0.5) is 0 Å². The van der Waals surface area contributed by atoms with E-state index in [9.17, 15) is 9.59 Å². The third-order valence-corrected chi connectivity index (χ3v) is 3.24. The molecule has 3 N–H and O–H groups in total. The summed E-state index contributed by atoms with van der Waals surface area (Å²) in [5, 5.41) is 8.71. The molecule has 1 aliphatic heterocycles. The predicted octanol–water partition coefficient (Wildman–Crippen LogP) is -1.39. The lowest BCUT2D eigenvalue weighted by Gasteiger charge is -2.04. The van der Waals surface area contributed by atoms with E-state index in [2.05, 4.69) is 20.5 Å². The van der Waals surface area contributed by atoms with Gasteiger partial charge in [0.25, 0.3) is 0 Å². The number of hydrogen-bond donors (Lipinski definition) is 3. The molecule has 2 fully saturated rings. The van der Waals surface area contributed by atoms with Crippen LogP contribution in [0.25, 0.3) is 0 Å². The summed E-state index contributed by atoms with van der Waals surface area (Å²) in [6.07, 6.45) is 0. The van der Waals surface area contributed by atoms with Crippen molar-refractivity contribution in [3.8, 4) is 0 Å². The normalized spacial score (nSPS) is 31.1. The topological polar surface area (TPSA) is 99.9 Å². The molecule has 0 radical (unpaired) electrons. The molecule has 1 aromatic heterocycles. The predicted molar refractivity (Wildman–Crippen MR) is 52.3 cm³/mol. The smallest absolute Gasteiger partial charge is 0.340 e. The van der Waals surface area contributed by atoms with E-state index in [1.165, 1.54) is 0 Å². The first-order valence-corrected chi connectivity index (χ1v) is 5.25. The van der Waals surface area contributed by atoms with Gasteiger partial charge < -0.3 is 10.1 Å². The Bertz CT molecular complexity index is 455. The zero-order valence-electron chi connectivity index (χ0n) is 8.53. The summed E-state index contributed by atoms with van der Waals surface area (Å²) in [7, 11) is 0. The maximum Gasteiger partial charge on any atom is 0.340 e. The molecule has 0 aromatic carbocycles. The lowest BCUT2D eigenvalue weighted by Crippen LogP contribution is -2.27. The number of fused-ring (bicyclic) bond motifs is 1. The second kappa shape index (κ2) is 3.44. The number of rotatable bonds is 3. The van der Waals surface area contributed by atoms with Crippen LogP contribution in [0.1, 0.15) is 5.82 Å². The van der Waals surface area contributed by atoms with Crippen molar-refractivity contribution < 1.29 is 9.53 Å². The van der Waals surface area contributed by atoms with Crippen molar-refractivity contribution >= 4 is 5.91 Å². The minimum absolute atomic E-state index is 0.0298. The van der Waals surface area contributed by atoms with Gasteiger partial charge in [0.05, 0.1) is 19.8 Å². The van der Waals surface area contributed by atoms with E-state index >= 15 is 0 Å². The van der Waals surface area contributed by atoms with E-state index in [-0.39, 0.29) is 24.1 Å². The molecule has 2 heterocycles. The molecule has 2 aliphatic rings. The lowest BCUT2D eigenvalue weighted by molar-refractivity contribution is -0.123. The third-order valence-electron chi connectivity index (χ3n) is 3.24. The highest BCUT2D eigenvalue weighted by Gasteiger charge is 2.57. The van der Waals surface area contributed by atoms with E-state index in [1.54, 1.807) is 0 Å². The molecule has 0 bridgehead atoms. The van der Waals surface area contributed by atoms with Gasteiger partial charge in [0, 0.05) is 5.92 Å². The van der Waals surface area contributed by atoms with Gasteiger partial charge in [0.2, 0.25) is 5.91 Å². The van der Waals surface area contributed by atoms with Gasteiger partial charge >= 0.3 is 5.69 Å². The first kappa shape index (κ1) is 9.59. The van der Waals surface area contributed by atoms with Crippen LogP contribution in [-0.4, -0.2) is 34.3 Å². The molecule has 1 aliphatic carbocycles. The van der Waals surface area contributed by atoms with E-state index < -0.39 is 0 Å². The Morgan fingerprint density at radius 2 is 2.25 bits per heavy atom. The average Bonchev–Trinajstić information content (AvgIpc) is 2.68. The fraction of sp³-hybridized carbons (Fsp3) is 0.667. The largest absolute Gasteiger partial charge is 0.381 e. The Balaban J connectivity index is 1.52. The summed E-state index contributed by atoms with van der Waals surface area (Å²) in [5.41, 5.74) is -0.360. The van der Waals surface area contributed by atoms with Crippen LogP contribution in [0.5, 0.6) is 0 Å². The maximum atomic E-state index is 11.7. The number of aromatic nitrogens is 3. The van der Waals surface area contributed by atoms with Crippen molar-refractivity contribution in [3.63, 3.8) is 0 Å². The van der Waals surface area contributed by atoms with Gasteiger partial charge in [-0.25, -0.2) is 9.89 Å². The molecule has 7 heteroatoms. The van der Waals surface area contributed by atoms with Crippen LogP contribution in [-0.2, 0) is 16.1 Å². The van der Waals surface area contributed by atoms with E-state index in [0.717, 1.165) is 0 Å². The Morgan fingerprint density at radius 3 is 2.88 bits per heavy atom. The molecule has 1 saturated heterocycles. The average molecular weight is 224 g/mol. The summed E-state index contributed by atoms with van der Waals surface area (Å²) in [4.78, 5) is 24.9. The monoisotopic (exact) mass is 224 g/mol. The van der Waals surface area contributed by atoms with Crippen molar-refractivity contribution in [2.24, 2.45) is 17.8 Å². The van der Waals surface area contributed by atoms with Crippen LogP contribution in [0.2, 0.25) is 0 Å². The van der Waals surface area contributed by atoms with E-state index in [0.29, 0.717) is 30.9 Å². The number of ether oxygens (including phenoxy) is 1. The molecule has 1 unspecified atom stereocenters. The van der Waals surface area contributed by atoms with Crippen molar-refractivity contribution in [1.29, 1.82) is 0 Å². The SMILES string of the molecule is O=C(NCc1n[nH]c(=O)[nH]1)C1[C@H]2COC[C@@H]12. The molecule has 1 aromatic rings. The fourth-order valence-electron chi connectivity index (χ4n) is 2.31. The van der Waals surface area contributed by atoms with Gasteiger partial charge in [-0.1, -0.05) is 0 Å². The van der Waals surface area contributed by atoms with Gasteiger partial charge in [0.1, 0.15) is 5.82 Å². The molecule has 86 valence electrons. The number of carbonyl (C=O) groups is 1. The zero-order valence-corrected chi connectivity index (χ0v) is 8.53. The first-order chi connectivity index (χ1) is 7.75. The number of nitrogens with zero attached hydrogens (tertiary/aromatic N) is 1. The Morgan fingerprint density at radius 1 is 1.50 bits per heavy atom. The minimum Gasteiger partial charge on any atom is -0.381 e. The number of carbonyl (C=O) groups excluding carboxylic acids is 1. The van der Waals surface area contributed by atoms with E-state index in [4.69, 9.17) is 4.74 Å². The third kappa shape index (κ3) is 1.53. The fourth-order valence-corrected chi connectivity index (χ4v) is 2.31.